The zero-order chi connectivity index (χ0) is 66.6. The molecule has 19 heteroatoms. The predicted molar refractivity (Wildman–Crippen MR) is 378 cm³/mol. The van der Waals surface area contributed by atoms with Crippen LogP contribution >= 0.6 is 29.6 Å². The molecule has 8 heterocycles. The van der Waals surface area contributed by atoms with Crippen LogP contribution in [0.25, 0.3) is 44.3 Å². The van der Waals surface area contributed by atoms with Gasteiger partial charge >= 0.3 is 30.0 Å². The molecule has 0 bridgehead atoms. The van der Waals surface area contributed by atoms with Gasteiger partial charge in [-0.3, -0.25) is 6.92 Å². The third kappa shape index (κ3) is 14.1. The minimum absolute atomic E-state index is 0.204. The summed E-state index contributed by atoms with van der Waals surface area (Å²) in [7, 11) is 0. The van der Waals surface area contributed by atoms with Gasteiger partial charge in [-0.05, 0) is 91.3 Å². The molecule has 4 aliphatic heterocycles. The zero-order valence-electron chi connectivity index (χ0n) is 53.4. The van der Waals surface area contributed by atoms with Gasteiger partial charge in [0.15, 0.2) is 6.29 Å². The summed E-state index contributed by atoms with van der Waals surface area (Å²) in [5.41, 5.74) is 9.48. The van der Waals surface area contributed by atoms with Gasteiger partial charge in [-0.15, -0.1) is 0 Å². The Morgan fingerprint density at radius 1 is 0.433 bits per heavy atom. The van der Waals surface area contributed by atoms with Crippen LogP contribution in [0.4, 0.5) is 20.4 Å². The van der Waals surface area contributed by atoms with Crippen molar-refractivity contribution in [3.05, 3.63) is 305 Å². The Morgan fingerprint density at radius 3 is 1.12 bits per heavy atom. The third-order valence-corrected chi connectivity index (χ3v) is 18.4. The molecule has 16 rings (SSSR count). The summed E-state index contributed by atoms with van der Waals surface area (Å²) in [5.74, 6) is 1.07. The number of halogens is 4. The molecule has 4 saturated heterocycles. The molecular weight excluding hydrogens is 1410 g/mol. The summed E-state index contributed by atoms with van der Waals surface area (Å²) in [5, 5.41) is 12.5. The van der Waals surface area contributed by atoms with Gasteiger partial charge in [0.2, 0.25) is 0 Å². The molecule has 0 unspecified atom stereocenters. The maximum atomic E-state index is 16.3. The van der Waals surface area contributed by atoms with Crippen LogP contribution in [0.1, 0.15) is 38.9 Å². The minimum atomic E-state index is -0.925. The SMILES string of the molecule is Fc1cc2c(cc1Br)c(-c1ccnc(N3CCOCC3)c1)nn2C(c1ccccc1)(c1ccccc1)c1ccccc1.Fc1cc2c(cc1CC1OCCO1)c(-c1ccnc(N3CCOCC3)c1)nn2C(c1ccccc1)(c1ccccc1)c1ccccc1.[CH2-]C1OCCO1.[Zn+][Br]. The zero-order valence-corrected chi connectivity index (χ0v) is 59.5. The van der Waals surface area contributed by atoms with Crippen molar-refractivity contribution in [1.82, 2.24) is 29.5 Å². The summed E-state index contributed by atoms with van der Waals surface area (Å²) in [6.07, 6.45) is 3.27. The van der Waals surface area contributed by atoms with Gasteiger partial charge in [0, 0.05) is 85.3 Å². The van der Waals surface area contributed by atoms with Crippen LogP contribution in [0.2, 0.25) is 0 Å². The second-order valence-electron chi connectivity index (χ2n) is 23.4. The van der Waals surface area contributed by atoms with Crippen molar-refractivity contribution in [3.8, 4) is 22.5 Å². The number of aromatic nitrogens is 6. The second-order valence-corrected chi connectivity index (χ2v) is 24.3. The van der Waals surface area contributed by atoms with E-state index < -0.39 is 17.4 Å². The van der Waals surface area contributed by atoms with Gasteiger partial charge in [0.25, 0.3) is 0 Å². The first-order valence-electron chi connectivity index (χ1n) is 32.3. The molecule has 488 valence electrons. The molecule has 0 N–H and O–H groups in total. The third-order valence-electron chi connectivity index (χ3n) is 17.8. The number of nitrogens with zero attached hydrogens (tertiary/aromatic N) is 8. The maximum absolute atomic E-state index is 16.3. The van der Waals surface area contributed by atoms with E-state index in [0.29, 0.717) is 80.3 Å². The molecule has 4 fully saturated rings. The Labute approximate surface area is 588 Å². The Morgan fingerprint density at radius 2 is 0.773 bits per heavy atom. The normalized spacial score (nSPS) is 15.3. The number of benzene rings is 8. The number of fused-ring (bicyclic) bond motifs is 2. The van der Waals surface area contributed by atoms with Gasteiger partial charge < -0.3 is 38.2 Å². The first-order chi connectivity index (χ1) is 47.8. The topological polar surface area (TPSA) is 123 Å². The summed E-state index contributed by atoms with van der Waals surface area (Å²) < 4.78 is 68.4. The van der Waals surface area contributed by atoms with Crippen LogP contribution in [-0.4, -0.2) is 121 Å². The Hall–Kier alpha value is -8.20. The number of pyridine rings is 2. The van der Waals surface area contributed by atoms with E-state index in [-0.39, 0.29) is 17.9 Å². The van der Waals surface area contributed by atoms with Crippen LogP contribution < -0.4 is 9.80 Å². The summed E-state index contributed by atoms with van der Waals surface area (Å²) in [4.78, 5) is 13.8. The molecule has 0 atom stereocenters. The number of hydrogen-bond acceptors (Lipinski definition) is 12. The Balaban J connectivity index is 0.000000158. The number of hydrogen-bond donors (Lipinski definition) is 0. The Kier molecular flexibility index (Phi) is 21.9. The number of rotatable bonds is 14. The monoisotopic (exact) mass is 1470 g/mol. The number of anilines is 2. The fourth-order valence-electron chi connectivity index (χ4n) is 13.4. The molecule has 0 radical (unpaired) electrons. The molecule has 8 aromatic carbocycles. The van der Waals surface area contributed by atoms with E-state index in [1.54, 1.807) is 12.1 Å². The van der Waals surface area contributed by atoms with Gasteiger partial charge in [0.05, 0.1) is 68.4 Å². The van der Waals surface area contributed by atoms with Gasteiger partial charge in [0.1, 0.15) is 45.7 Å². The molecule has 0 spiro atoms. The summed E-state index contributed by atoms with van der Waals surface area (Å²) in [6.45, 7) is 11.7. The molecular formula is C78H70Br2F2N8O6Zn. The standard InChI is InChI=1S/C39H35FN4O3.C35H28BrFN4O.C4H7O2.BrH.Zn/c40-34-27-35-33(24-29(34)26-37-46-22-23-47-37)38(28-16-17-41-36(25-28)43-18-20-45-21-19-43)42-44(35)39(30-10-4-1-5-11-30,31-12-6-2-7-13-31)32-14-8-3-9-15-32;36-30-23-29-32(24-31(30)37)41(39-34(29)25-16-17-38-33(22-25)40-18-20-42-21-19-40)35(26-10-4-1-5-11-26,27-12-6-2-7-13-27)28-14-8-3-9-15-28;1-4-5-2-3-6-4;;/h1-17,24-25,27,37H,18-23,26H2;1-17,22-24H,18-21H2;4H,1-3H2;1H;/q;;-1;;+2/p-1. The molecule has 0 amide bonds. The van der Waals surface area contributed by atoms with E-state index in [2.05, 4.69) is 136 Å². The molecule has 4 aromatic heterocycles. The van der Waals surface area contributed by atoms with E-state index in [4.69, 9.17) is 43.6 Å². The van der Waals surface area contributed by atoms with Crippen molar-refractivity contribution < 1.29 is 53.5 Å². The van der Waals surface area contributed by atoms with Crippen LogP contribution in [-0.2, 0) is 62.3 Å². The van der Waals surface area contributed by atoms with Crippen LogP contribution in [0.5, 0.6) is 0 Å². The van der Waals surface area contributed by atoms with Crippen LogP contribution in [0, 0.1) is 18.6 Å². The summed E-state index contributed by atoms with van der Waals surface area (Å²) >= 11 is 7.70. The van der Waals surface area contributed by atoms with Gasteiger partial charge in [-0.2, -0.15) is 10.2 Å². The number of morpholine rings is 2. The fourth-order valence-corrected chi connectivity index (χ4v) is 13.7. The molecule has 4 aliphatic rings. The average Bonchev–Trinajstić information content (AvgIpc) is 1.65. The van der Waals surface area contributed by atoms with Crippen molar-refractivity contribution in [2.45, 2.75) is 30.1 Å². The predicted octanol–water partition coefficient (Wildman–Crippen LogP) is 15.5. The van der Waals surface area contributed by atoms with Crippen molar-refractivity contribution in [3.63, 3.8) is 0 Å². The quantitative estimate of drug-likeness (QED) is 0.0585. The molecule has 14 nitrogen and oxygen atoms in total. The van der Waals surface area contributed by atoms with Crippen molar-refractivity contribution >= 4 is 63.0 Å². The second kappa shape index (κ2) is 31.6. The average molecular weight is 1480 g/mol. The van der Waals surface area contributed by atoms with Gasteiger partial charge in [-0.1, -0.05) is 182 Å². The summed E-state index contributed by atoms with van der Waals surface area (Å²) in [6, 6.07) is 77.1. The van der Waals surface area contributed by atoms with Gasteiger partial charge in [-0.25, -0.2) is 28.1 Å². The Bertz CT molecular complexity index is 4330. The molecule has 12 aromatic rings. The van der Waals surface area contributed by atoms with E-state index in [1.165, 1.54) is 16.3 Å². The van der Waals surface area contributed by atoms with E-state index in [0.717, 1.165) is 104 Å². The molecule has 97 heavy (non-hydrogen) atoms. The number of ether oxygens (including phenoxy) is 6. The molecule has 0 aliphatic carbocycles. The van der Waals surface area contributed by atoms with Crippen LogP contribution in [0.3, 0.4) is 0 Å². The van der Waals surface area contributed by atoms with E-state index in [9.17, 15) is 0 Å². The first-order valence-corrected chi connectivity index (χ1v) is 40.1. The van der Waals surface area contributed by atoms with Crippen molar-refractivity contribution in [1.29, 1.82) is 0 Å². The van der Waals surface area contributed by atoms with Crippen LogP contribution in [0.15, 0.2) is 247 Å². The van der Waals surface area contributed by atoms with E-state index in [1.807, 2.05) is 155 Å². The van der Waals surface area contributed by atoms with E-state index >= 15 is 8.78 Å². The molecule has 0 saturated carbocycles. The van der Waals surface area contributed by atoms with Crippen molar-refractivity contribution in [2.75, 3.05) is 88.8 Å². The van der Waals surface area contributed by atoms with Crippen molar-refractivity contribution in [2.24, 2.45) is 0 Å². The first kappa shape index (κ1) is 67.4. The fraction of sp³-hybridized carbons (Fsp3) is 0.218.